The molecule has 0 heterocycles. The molecule has 0 spiro atoms. The Kier molecular flexibility index (Phi) is 2.96. The van der Waals surface area contributed by atoms with Crippen LogP contribution in [0.3, 0.4) is 0 Å². The fourth-order valence-corrected chi connectivity index (χ4v) is 1.87. The summed E-state index contributed by atoms with van der Waals surface area (Å²) in [4.78, 5) is 0. The second kappa shape index (κ2) is 4.23. The summed E-state index contributed by atoms with van der Waals surface area (Å²) in [5, 5.41) is 9.20. The van der Waals surface area contributed by atoms with Crippen LogP contribution in [-0.2, 0) is 0 Å². The third-order valence-corrected chi connectivity index (χ3v) is 2.97. The van der Waals surface area contributed by atoms with E-state index in [1.807, 2.05) is 19.1 Å². The monoisotopic (exact) mass is 205 g/mol. The number of aliphatic hydroxyl groups is 1. The van der Waals surface area contributed by atoms with Gasteiger partial charge in [-0.05, 0) is 42.0 Å². The van der Waals surface area contributed by atoms with Crippen LogP contribution in [0.25, 0.3) is 0 Å². The normalized spacial score (nSPS) is 15.7. The van der Waals surface area contributed by atoms with Crippen LogP contribution < -0.4 is 4.74 Å². The quantitative estimate of drug-likeness (QED) is 0.818. The number of hydrogen-bond donors (Lipinski definition) is 1. The van der Waals surface area contributed by atoms with E-state index >= 15 is 0 Å². The second-order valence-electron chi connectivity index (χ2n) is 4.17. The first kappa shape index (κ1) is 10.5. The van der Waals surface area contributed by atoms with E-state index in [-0.39, 0.29) is 6.61 Å². The van der Waals surface area contributed by atoms with E-state index < -0.39 is 0 Å². The summed E-state index contributed by atoms with van der Waals surface area (Å²) >= 11 is 0. The van der Waals surface area contributed by atoms with E-state index in [1.165, 1.54) is 24.0 Å². The Bertz CT molecular complexity index is 342. The van der Waals surface area contributed by atoms with Crippen molar-refractivity contribution in [1.29, 1.82) is 0 Å². The summed E-state index contributed by atoms with van der Waals surface area (Å²) < 4.78 is 5.21. The zero-order valence-corrected chi connectivity index (χ0v) is 9.29. The van der Waals surface area contributed by atoms with E-state index in [2.05, 4.69) is 6.07 Å². The van der Waals surface area contributed by atoms with Crippen molar-refractivity contribution in [1.82, 2.24) is 0 Å². The Morgan fingerprint density at radius 3 is 2.73 bits per heavy atom. The Balaban J connectivity index is 2.36. The lowest BCUT2D eigenvalue weighted by atomic mass is 9.93. The van der Waals surface area contributed by atoms with Gasteiger partial charge in [-0.25, -0.2) is 0 Å². The van der Waals surface area contributed by atoms with Gasteiger partial charge >= 0.3 is 0 Å². The molecule has 0 amide bonds. The van der Waals surface area contributed by atoms with Crippen LogP contribution in [0.1, 0.15) is 36.8 Å². The molecule has 0 atom stereocenters. The molecule has 0 saturated heterocycles. The van der Waals surface area contributed by atoms with Gasteiger partial charge in [-0.3, -0.25) is 0 Å². The predicted octanol–water partition coefficient (Wildman–Crippen LogP) is 2.51. The average molecular weight is 205 g/mol. The topological polar surface area (TPSA) is 29.5 Å². The highest BCUT2D eigenvalue weighted by Gasteiger charge is 2.27. The third-order valence-electron chi connectivity index (χ3n) is 2.97. The van der Waals surface area contributed by atoms with Crippen LogP contribution >= 0.6 is 0 Å². The molecule has 0 aromatic heterocycles. The molecule has 2 nitrogen and oxygen atoms in total. The van der Waals surface area contributed by atoms with E-state index in [1.54, 1.807) is 7.11 Å². The molecule has 1 aromatic carbocycles. The Labute approximate surface area is 90.9 Å². The summed E-state index contributed by atoms with van der Waals surface area (Å²) in [6, 6.07) is 6.16. The van der Waals surface area contributed by atoms with Crippen LogP contribution in [0.5, 0.6) is 5.75 Å². The molecule has 0 bridgehead atoms. The Morgan fingerprint density at radius 1 is 1.47 bits per heavy atom. The Morgan fingerprint density at radius 2 is 2.20 bits per heavy atom. The van der Waals surface area contributed by atoms with Gasteiger partial charge < -0.3 is 9.84 Å². The van der Waals surface area contributed by atoms with Crippen LogP contribution in [0, 0.1) is 5.92 Å². The third kappa shape index (κ3) is 2.15. The number of ether oxygens (including phenoxy) is 1. The van der Waals surface area contributed by atoms with Gasteiger partial charge in [0, 0.05) is 5.92 Å². The molecule has 1 radical (unpaired) electrons. The van der Waals surface area contributed by atoms with E-state index in [4.69, 9.17) is 4.74 Å². The zero-order valence-electron chi connectivity index (χ0n) is 9.29. The minimum absolute atomic E-state index is 0.118. The molecule has 1 aliphatic carbocycles. The summed E-state index contributed by atoms with van der Waals surface area (Å²) in [6.45, 7) is 2.09. The van der Waals surface area contributed by atoms with Crippen molar-refractivity contribution in [2.24, 2.45) is 0 Å². The average Bonchev–Trinajstić information content (AvgIpc) is 3.11. The maximum Gasteiger partial charge on any atom is 0.119 e. The fraction of sp³-hybridized carbons (Fsp3) is 0.462. The summed E-state index contributed by atoms with van der Waals surface area (Å²) in [7, 11) is 1.67. The molecule has 1 fully saturated rings. The van der Waals surface area contributed by atoms with Crippen molar-refractivity contribution >= 4 is 0 Å². The minimum Gasteiger partial charge on any atom is -0.497 e. The molecule has 1 aliphatic rings. The summed E-state index contributed by atoms with van der Waals surface area (Å²) in [5.74, 6) is 2.59. The van der Waals surface area contributed by atoms with Crippen molar-refractivity contribution in [3.05, 3.63) is 35.2 Å². The maximum absolute atomic E-state index is 9.20. The highest BCUT2D eigenvalue weighted by molar-refractivity contribution is 5.46. The van der Waals surface area contributed by atoms with Crippen LogP contribution in [0.4, 0.5) is 0 Å². The van der Waals surface area contributed by atoms with Gasteiger partial charge in [0.25, 0.3) is 0 Å². The minimum atomic E-state index is 0.118. The summed E-state index contributed by atoms with van der Waals surface area (Å²) in [6.07, 6.45) is 2.55. The molecule has 81 valence electrons. The van der Waals surface area contributed by atoms with Gasteiger partial charge in [-0.1, -0.05) is 13.0 Å². The number of aliphatic hydroxyl groups excluding tert-OH is 1. The maximum atomic E-state index is 9.20. The smallest absolute Gasteiger partial charge is 0.119 e. The standard InChI is InChI=1S/C13H17O2/c1-9(8-14)13-7-11(15-2)5-6-12(13)10-3-4-10/h5-7,10,14H,3-4,8H2,1-2H3. The molecule has 2 rings (SSSR count). The molecule has 1 saturated carbocycles. The van der Waals surface area contributed by atoms with Crippen molar-refractivity contribution in [3.8, 4) is 5.75 Å². The van der Waals surface area contributed by atoms with Crippen LogP contribution in [-0.4, -0.2) is 18.8 Å². The molecule has 2 heteroatoms. The van der Waals surface area contributed by atoms with Crippen molar-refractivity contribution in [2.75, 3.05) is 13.7 Å². The van der Waals surface area contributed by atoms with Gasteiger partial charge in [-0.15, -0.1) is 0 Å². The largest absolute Gasteiger partial charge is 0.497 e. The highest BCUT2D eigenvalue weighted by Crippen LogP contribution is 2.43. The lowest BCUT2D eigenvalue weighted by molar-refractivity contribution is 0.314. The van der Waals surface area contributed by atoms with Crippen LogP contribution in [0.2, 0.25) is 0 Å². The first-order chi connectivity index (χ1) is 7.26. The molecule has 15 heavy (non-hydrogen) atoms. The van der Waals surface area contributed by atoms with Gasteiger partial charge in [0.05, 0.1) is 13.7 Å². The molecular formula is C13H17O2. The van der Waals surface area contributed by atoms with Crippen molar-refractivity contribution < 1.29 is 9.84 Å². The second-order valence-corrected chi connectivity index (χ2v) is 4.17. The fourth-order valence-electron chi connectivity index (χ4n) is 1.87. The van der Waals surface area contributed by atoms with Gasteiger partial charge in [0.1, 0.15) is 5.75 Å². The van der Waals surface area contributed by atoms with Crippen molar-refractivity contribution in [3.63, 3.8) is 0 Å². The zero-order chi connectivity index (χ0) is 10.8. The van der Waals surface area contributed by atoms with Gasteiger partial charge in [0.2, 0.25) is 0 Å². The van der Waals surface area contributed by atoms with Crippen molar-refractivity contribution in [2.45, 2.75) is 25.7 Å². The number of hydrogen-bond acceptors (Lipinski definition) is 2. The molecule has 1 N–H and O–H groups in total. The molecule has 0 aliphatic heterocycles. The van der Waals surface area contributed by atoms with E-state index in [0.29, 0.717) is 5.92 Å². The van der Waals surface area contributed by atoms with Gasteiger partial charge in [0.15, 0.2) is 0 Å². The molecular weight excluding hydrogens is 188 g/mol. The first-order valence-corrected chi connectivity index (χ1v) is 5.38. The van der Waals surface area contributed by atoms with E-state index in [0.717, 1.165) is 11.7 Å². The number of benzene rings is 1. The van der Waals surface area contributed by atoms with Gasteiger partial charge in [-0.2, -0.15) is 0 Å². The first-order valence-electron chi connectivity index (χ1n) is 5.38. The Hall–Kier alpha value is -1.02. The lowest BCUT2D eigenvalue weighted by Crippen LogP contribution is -2.04. The SMILES string of the molecule is COc1ccc(C2CC2)c([C](C)CO)c1. The summed E-state index contributed by atoms with van der Waals surface area (Å²) in [5.41, 5.74) is 2.53. The van der Waals surface area contributed by atoms with Crippen LogP contribution in [0.15, 0.2) is 18.2 Å². The molecule has 0 unspecified atom stereocenters. The number of methoxy groups -OCH3 is 1. The lowest BCUT2D eigenvalue weighted by Gasteiger charge is -2.14. The number of rotatable bonds is 4. The molecule has 1 aromatic rings. The highest BCUT2D eigenvalue weighted by atomic mass is 16.5. The predicted molar refractivity (Wildman–Crippen MR) is 60.1 cm³/mol. The van der Waals surface area contributed by atoms with E-state index in [9.17, 15) is 5.11 Å².